The van der Waals surface area contributed by atoms with E-state index in [4.69, 9.17) is 0 Å². The normalized spacial score (nSPS) is 23.6. The Bertz CT molecular complexity index is 503. The van der Waals surface area contributed by atoms with Crippen LogP contribution in [0.4, 0.5) is 10.1 Å². The highest BCUT2D eigenvalue weighted by molar-refractivity contribution is 5.92. The van der Waals surface area contributed by atoms with E-state index in [1.54, 1.807) is 26.0 Å². The summed E-state index contributed by atoms with van der Waals surface area (Å²) in [5.41, 5.74) is 0.283. The zero-order chi connectivity index (χ0) is 14.8. The smallest absolute Gasteiger partial charge is 0.238 e. The second-order valence-electron chi connectivity index (χ2n) is 5.82. The standard InChI is InChI=1S/C15H21FN2O2/c1-11-4-5-12(8-13(11)16)17-14(19)9-18-7-3-6-15(2,20)10-18/h4-5,8,20H,3,6-7,9-10H2,1-2H3,(H,17,19). The summed E-state index contributed by atoms with van der Waals surface area (Å²) in [7, 11) is 0. The molecule has 5 heteroatoms. The third kappa shape index (κ3) is 4.02. The van der Waals surface area contributed by atoms with Gasteiger partial charge in [0.1, 0.15) is 5.82 Å². The van der Waals surface area contributed by atoms with Crippen molar-refractivity contribution in [1.29, 1.82) is 0 Å². The summed E-state index contributed by atoms with van der Waals surface area (Å²) in [6.45, 7) is 4.96. The van der Waals surface area contributed by atoms with Gasteiger partial charge in [-0.2, -0.15) is 0 Å². The first-order valence-electron chi connectivity index (χ1n) is 6.86. The van der Waals surface area contributed by atoms with Gasteiger partial charge in [-0.1, -0.05) is 6.07 Å². The first-order valence-corrected chi connectivity index (χ1v) is 6.86. The maximum Gasteiger partial charge on any atom is 0.238 e. The monoisotopic (exact) mass is 280 g/mol. The fraction of sp³-hybridized carbons (Fsp3) is 0.533. The number of piperidine rings is 1. The fourth-order valence-corrected chi connectivity index (χ4v) is 2.53. The van der Waals surface area contributed by atoms with Crippen molar-refractivity contribution in [2.45, 2.75) is 32.3 Å². The van der Waals surface area contributed by atoms with Crippen LogP contribution in [0.25, 0.3) is 0 Å². The molecule has 2 rings (SSSR count). The number of hydrogen-bond donors (Lipinski definition) is 2. The van der Waals surface area contributed by atoms with Crippen LogP contribution in [0.3, 0.4) is 0 Å². The lowest BCUT2D eigenvalue weighted by Gasteiger charge is -2.36. The number of carbonyl (C=O) groups excluding carboxylic acids is 1. The summed E-state index contributed by atoms with van der Waals surface area (Å²) < 4.78 is 13.4. The summed E-state index contributed by atoms with van der Waals surface area (Å²) in [5.74, 6) is -0.519. The molecule has 0 saturated carbocycles. The average molecular weight is 280 g/mol. The molecule has 1 unspecified atom stereocenters. The number of aliphatic hydroxyl groups is 1. The number of halogens is 1. The number of likely N-dealkylation sites (tertiary alicyclic amines) is 1. The van der Waals surface area contributed by atoms with Crippen LogP contribution in [0, 0.1) is 12.7 Å². The van der Waals surface area contributed by atoms with Crippen LogP contribution in [-0.2, 0) is 4.79 Å². The molecule has 0 radical (unpaired) electrons. The summed E-state index contributed by atoms with van der Waals surface area (Å²) in [4.78, 5) is 13.9. The molecule has 2 N–H and O–H groups in total. The molecule has 1 heterocycles. The number of hydrogen-bond acceptors (Lipinski definition) is 3. The van der Waals surface area contributed by atoms with Gasteiger partial charge in [0, 0.05) is 12.2 Å². The van der Waals surface area contributed by atoms with Crippen LogP contribution in [0.1, 0.15) is 25.3 Å². The molecule has 1 amide bonds. The largest absolute Gasteiger partial charge is 0.389 e. The van der Waals surface area contributed by atoms with Crippen LogP contribution in [0.2, 0.25) is 0 Å². The highest BCUT2D eigenvalue weighted by Gasteiger charge is 2.29. The van der Waals surface area contributed by atoms with Gasteiger partial charge in [-0.25, -0.2) is 4.39 Å². The lowest BCUT2D eigenvalue weighted by Crippen LogP contribution is -2.48. The van der Waals surface area contributed by atoms with Gasteiger partial charge in [-0.3, -0.25) is 9.69 Å². The number of nitrogens with one attached hydrogen (secondary N) is 1. The SMILES string of the molecule is Cc1ccc(NC(=O)CN2CCCC(C)(O)C2)cc1F. The van der Waals surface area contributed by atoms with Gasteiger partial charge in [0.05, 0.1) is 12.1 Å². The molecule has 1 saturated heterocycles. The molecule has 0 aromatic heterocycles. The quantitative estimate of drug-likeness (QED) is 0.889. The van der Waals surface area contributed by atoms with Gasteiger partial charge in [-0.05, 0) is 50.9 Å². The zero-order valence-corrected chi connectivity index (χ0v) is 11.9. The molecular weight excluding hydrogens is 259 g/mol. The highest BCUT2D eigenvalue weighted by atomic mass is 19.1. The highest BCUT2D eigenvalue weighted by Crippen LogP contribution is 2.20. The van der Waals surface area contributed by atoms with E-state index in [-0.39, 0.29) is 18.3 Å². The number of amides is 1. The maximum atomic E-state index is 13.4. The lowest BCUT2D eigenvalue weighted by molar-refractivity contribution is -0.118. The Morgan fingerprint density at radius 1 is 1.55 bits per heavy atom. The van der Waals surface area contributed by atoms with Gasteiger partial charge < -0.3 is 10.4 Å². The summed E-state index contributed by atoms with van der Waals surface area (Å²) in [6.07, 6.45) is 1.63. The maximum absolute atomic E-state index is 13.4. The van der Waals surface area contributed by atoms with Gasteiger partial charge in [0.15, 0.2) is 0 Å². The zero-order valence-electron chi connectivity index (χ0n) is 11.9. The minimum absolute atomic E-state index is 0.189. The van der Waals surface area contributed by atoms with Crippen molar-refractivity contribution in [3.05, 3.63) is 29.6 Å². The molecule has 110 valence electrons. The summed E-state index contributed by atoms with van der Waals surface area (Å²) in [5, 5.41) is 12.7. The predicted molar refractivity (Wildman–Crippen MR) is 76.1 cm³/mol. The lowest BCUT2D eigenvalue weighted by atomic mass is 9.95. The molecule has 20 heavy (non-hydrogen) atoms. The molecule has 0 spiro atoms. The van der Waals surface area contributed by atoms with Crippen LogP contribution >= 0.6 is 0 Å². The van der Waals surface area contributed by atoms with Crippen molar-refractivity contribution in [3.63, 3.8) is 0 Å². The topological polar surface area (TPSA) is 52.6 Å². The number of carbonyl (C=O) groups is 1. The van der Waals surface area contributed by atoms with Gasteiger partial charge in [-0.15, -0.1) is 0 Å². The van der Waals surface area contributed by atoms with E-state index >= 15 is 0 Å². The van der Waals surface area contributed by atoms with Crippen LogP contribution in [0.15, 0.2) is 18.2 Å². The van der Waals surface area contributed by atoms with Crippen molar-refractivity contribution in [1.82, 2.24) is 4.90 Å². The average Bonchev–Trinajstić information content (AvgIpc) is 2.32. The van der Waals surface area contributed by atoms with Crippen molar-refractivity contribution >= 4 is 11.6 Å². The minimum Gasteiger partial charge on any atom is -0.389 e. The summed E-state index contributed by atoms with van der Waals surface area (Å²) in [6, 6.07) is 4.64. The predicted octanol–water partition coefficient (Wildman–Crippen LogP) is 1.92. The van der Waals surface area contributed by atoms with E-state index in [1.807, 2.05) is 4.90 Å². The number of rotatable bonds is 3. The molecule has 1 atom stereocenters. The Morgan fingerprint density at radius 2 is 2.30 bits per heavy atom. The molecule has 0 aliphatic carbocycles. The number of anilines is 1. The Kier molecular flexibility index (Phi) is 4.40. The van der Waals surface area contributed by atoms with E-state index in [0.717, 1.165) is 19.4 Å². The number of β-amino-alcohol motifs (C(OH)–C–C–N with tert-alkyl or cyclic N) is 1. The van der Waals surface area contributed by atoms with Crippen molar-refractivity contribution < 1.29 is 14.3 Å². The van der Waals surface area contributed by atoms with Gasteiger partial charge >= 0.3 is 0 Å². The molecule has 1 aromatic carbocycles. The third-order valence-electron chi connectivity index (χ3n) is 3.58. The van der Waals surface area contributed by atoms with E-state index in [1.165, 1.54) is 6.07 Å². The van der Waals surface area contributed by atoms with Crippen LogP contribution in [0.5, 0.6) is 0 Å². The number of nitrogens with zero attached hydrogens (tertiary/aromatic N) is 1. The van der Waals surface area contributed by atoms with Crippen molar-refractivity contribution in [2.75, 3.05) is 25.0 Å². The van der Waals surface area contributed by atoms with Crippen LogP contribution in [-0.4, -0.2) is 41.1 Å². The molecule has 4 nitrogen and oxygen atoms in total. The van der Waals surface area contributed by atoms with Crippen molar-refractivity contribution in [3.8, 4) is 0 Å². The van der Waals surface area contributed by atoms with E-state index in [0.29, 0.717) is 17.8 Å². The molecule has 1 fully saturated rings. The van der Waals surface area contributed by atoms with Gasteiger partial charge in [0.25, 0.3) is 0 Å². The number of benzene rings is 1. The Morgan fingerprint density at radius 3 is 2.95 bits per heavy atom. The molecule has 1 aliphatic rings. The first kappa shape index (κ1) is 14.9. The molecular formula is C15H21FN2O2. The molecule has 0 bridgehead atoms. The Balaban J connectivity index is 1.90. The second-order valence-corrected chi connectivity index (χ2v) is 5.82. The van der Waals surface area contributed by atoms with Gasteiger partial charge in [0.2, 0.25) is 5.91 Å². The first-order chi connectivity index (χ1) is 9.35. The Hall–Kier alpha value is -1.46. The van der Waals surface area contributed by atoms with E-state index in [9.17, 15) is 14.3 Å². The summed E-state index contributed by atoms with van der Waals surface area (Å²) >= 11 is 0. The molecule has 1 aliphatic heterocycles. The number of aryl methyl sites for hydroxylation is 1. The Labute approximate surface area is 118 Å². The van der Waals surface area contributed by atoms with E-state index < -0.39 is 5.60 Å². The molecule has 1 aromatic rings. The van der Waals surface area contributed by atoms with E-state index in [2.05, 4.69) is 5.32 Å². The van der Waals surface area contributed by atoms with Crippen molar-refractivity contribution in [2.24, 2.45) is 0 Å². The third-order valence-corrected chi connectivity index (χ3v) is 3.58. The van der Waals surface area contributed by atoms with Crippen LogP contribution < -0.4 is 5.32 Å². The fourth-order valence-electron chi connectivity index (χ4n) is 2.53. The second kappa shape index (κ2) is 5.89. The minimum atomic E-state index is -0.728.